The molecule has 9 heteroatoms. The van der Waals surface area contributed by atoms with E-state index in [4.69, 9.17) is 9.47 Å². The number of ether oxygens (including phenoxy) is 2. The van der Waals surface area contributed by atoms with Gasteiger partial charge < -0.3 is 14.4 Å². The Labute approximate surface area is 171 Å². The van der Waals surface area contributed by atoms with Crippen LogP contribution in [0.2, 0.25) is 0 Å². The van der Waals surface area contributed by atoms with Crippen molar-refractivity contribution in [2.24, 2.45) is 0 Å². The maximum atomic E-state index is 13.0. The molecule has 4 heterocycles. The number of rotatable bonds is 4. The molecule has 0 spiro atoms. The van der Waals surface area contributed by atoms with Crippen LogP contribution in [0.15, 0.2) is 47.7 Å². The average molecular weight is 405 g/mol. The third kappa shape index (κ3) is 3.18. The molecule has 2 aliphatic heterocycles. The molecular weight excluding hydrogens is 386 g/mol. The van der Waals surface area contributed by atoms with Crippen LogP contribution >= 0.6 is 0 Å². The Hall–Kier alpha value is -3.75. The molecule has 9 nitrogen and oxygen atoms in total. The van der Waals surface area contributed by atoms with E-state index >= 15 is 0 Å². The van der Waals surface area contributed by atoms with Gasteiger partial charge in [0.05, 0.1) is 17.9 Å². The van der Waals surface area contributed by atoms with Crippen LogP contribution in [0.25, 0.3) is 11.4 Å². The molecule has 0 aliphatic carbocycles. The van der Waals surface area contributed by atoms with E-state index in [2.05, 4.69) is 15.0 Å². The molecular formula is C21H19N5O4. The topological polar surface area (TPSA) is 99.4 Å². The van der Waals surface area contributed by atoms with Gasteiger partial charge in [-0.3, -0.25) is 14.2 Å². The molecule has 0 amide bonds. The molecule has 0 bridgehead atoms. The minimum absolute atomic E-state index is 0.0514. The maximum absolute atomic E-state index is 13.0. The van der Waals surface area contributed by atoms with Gasteiger partial charge >= 0.3 is 0 Å². The lowest BCUT2D eigenvalue weighted by Gasteiger charge is -2.36. The van der Waals surface area contributed by atoms with Crippen molar-refractivity contribution in [1.29, 1.82) is 0 Å². The van der Waals surface area contributed by atoms with Gasteiger partial charge in [-0.15, -0.1) is 0 Å². The maximum Gasteiger partial charge on any atom is 0.255 e. The summed E-state index contributed by atoms with van der Waals surface area (Å²) >= 11 is 0. The first-order valence-corrected chi connectivity index (χ1v) is 9.68. The van der Waals surface area contributed by atoms with Gasteiger partial charge in [0.2, 0.25) is 12.7 Å². The minimum Gasteiger partial charge on any atom is -0.454 e. The first-order chi connectivity index (χ1) is 14.6. The highest BCUT2D eigenvalue weighted by Crippen LogP contribution is 2.33. The van der Waals surface area contributed by atoms with Gasteiger partial charge in [-0.2, -0.15) is 0 Å². The SMILES string of the molecule is CC1CCn2c(nc(-c3ccncn3)cc2=O)N1CC(=O)c1ccc2c(c1)OCO2. The molecule has 0 N–H and O–H groups in total. The zero-order valence-electron chi connectivity index (χ0n) is 16.3. The highest BCUT2D eigenvalue weighted by atomic mass is 16.7. The van der Waals surface area contributed by atoms with Gasteiger partial charge in [-0.05, 0) is 37.6 Å². The predicted octanol–water partition coefficient (Wildman–Crippen LogP) is 1.91. The summed E-state index contributed by atoms with van der Waals surface area (Å²) in [5.74, 6) is 1.58. The van der Waals surface area contributed by atoms with E-state index in [-0.39, 0.29) is 30.7 Å². The van der Waals surface area contributed by atoms with Crippen molar-refractivity contribution < 1.29 is 14.3 Å². The highest BCUT2D eigenvalue weighted by Gasteiger charge is 2.28. The number of hydrogen-bond donors (Lipinski definition) is 0. The lowest BCUT2D eigenvalue weighted by molar-refractivity contribution is 0.0994. The van der Waals surface area contributed by atoms with Crippen LogP contribution in [-0.4, -0.2) is 44.7 Å². The number of hydrogen-bond acceptors (Lipinski definition) is 8. The number of carbonyl (C=O) groups is 1. The molecule has 3 aromatic rings. The van der Waals surface area contributed by atoms with E-state index in [0.717, 1.165) is 6.42 Å². The summed E-state index contributed by atoms with van der Waals surface area (Å²) in [6.07, 6.45) is 3.76. The third-order valence-electron chi connectivity index (χ3n) is 5.40. The molecule has 30 heavy (non-hydrogen) atoms. The van der Waals surface area contributed by atoms with Crippen LogP contribution in [0.5, 0.6) is 11.5 Å². The average Bonchev–Trinajstić information content (AvgIpc) is 3.24. The zero-order chi connectivity index (χ0) is 20.7. The number of fused-ring (bicyclic) bond motifs is 2. The Bertz CT molecular complexity index is 1180. The first kappa shape index (κ1) is 18.3. The lowest BCUT2D eigenvalue weighted by Crippen LogP contribution is -2.46. The predicted molar refractivity (Wildman–Crippen MR) is 108 cm³/mol. The van der Waals surface area contributed by atoms with Gasteiger partial charge in [-0.1, -0.05) is 0 Å². The quantitative estimate of drug-likeness (QED) is 0.607. The fourth-order valence-electron chi connectivity index (χ4n) is 3.71. The van der Waals surface area contributed by atoms with E-state index in [1.165, 1.54) is 12.4 Å². The van der Waals surface area contributed by atoms with Crippen molar-refractivity contribution in [2.75, 3.05) is 18.2 Å². The van der Waals surface area contributed by atoms with E-state index in [9.17, 15) is 9.59 Å². The number of anilines is 1. The van der Waals surface area contributed by atoms with Gasteiger partial charge in [0.15, 0.2) is 17.3 Å². The number of benzene rings is 1. The smallest absolute Gasteiger partial charge is 0.255 e. The Morgan fingerprint density at radius 2 is 2.03 bits per heavy atom. The second-order valence-electron chi connectivity index (χ2n) is 7.28. The largest absolute Gasteiger partial charge is 0.454 e. The van der Waals surface area contributed by atoms with Crippen LogP contribution in [0.4, 0.5) is 5.95 Å². The highest BCUT2D eigenvalue weighted by molar-refractivity contribution is 5.99. The molecule has 1 atom stereocenters. The monoisotopic (exact) mass is 405 g/mol. The van der Waals surface area contributed by atoms with Crippen LogP contribution in [0.3, 0.4) is 0 Å². The Kier molecular flexibility index (Phi) is 4.42. The molecule has 5 rings (SSSR count). The van der Waals surface area contributed by atoms with Crippen LogP contribution in [-0.2, 0) is 6.54 Å². The summed E-state index contributed by atoms with van der Waals surface area (Å²) in [5.41, 5.74) is 1.38. The standard InChI is InChI=1S/C21H19N5O4/c1-13-5-7-25-20(28)9-16(15-4-6-22-11-23-15)24-21(25)26(13)10-17(27)14-2-3-18-19(8-14)30-12-29-18/h2-4,6,8-9,11,13H,5,7,10,12H2,1H3. The molecule has 2 aliphatic rings. The number of carbonyl (C=O) groups excluding carboxylic acids is 1. The molecule has 0 saturated carbocycles. The summed E-state index contributed by atoms with van der Waals surface area (Å²) in [6.45, 7) is 2.84. The van der Waals surface area contributed by atoms with Gasteiger partial charge in [-0.25, -0.2) is 15.0 Å². The summed E-state index contributed by atoms with van der Waals surface area (Å²) in [7, 11) is 0. The van der Waals surface area contributed by atoms with Crippen molar-refractivity contribution in [2.45, 2.75) is 25.9 Å². The summed E-state index contributed by atoms with van der Waals surface area (Å²) < 4.78 is 12.3. The van der Waals surface area contributed by atoms with Crippen molar-refractivity contribution in [3.63, 3.8) is 0 Å². The molecule has 2 aromatic heterocycles. The van der Waals surface area contributed by atoms with Gasteiger partial charge in [0.1, 0.15) is 6.33 Å². The molecule has 1 aromatic carbocycles. The van der Waals surface area contributed by atoms with Crippen molar-refractivity contribution in [1.82, 2.24) is 19.5 Å². The first-order valence-electron chi connectivity index (χ1n) is 9.68. The Morgan fingerprint density at radius 3 is 2.87 bits per heavy atom. The number of ketones is 1. The normalized spacial score (nSPS) is 17.0. The number of Topliss-reactive ketones (excluding diaryl/α,β-unsaturated/α-hetero) is 1. The third-order valence-corrected chi connectivity index (χ3v) is 5.40. The second kappa shape index (κ2) is 7.25. The lowest BCUT2D eigenvalue weighted by atomic mass is 10.1. The van der Waals surface area contributed by atoms with E-state index in [1.54, 1.807) is 35.0 Å². The van der Waals surface area contributed by atoms with Crippen LogP contribution in [0.1, 0.15) is 23.7 Å². The van der Waals surface area contributed by atoms with Crippen LogP contribution < -0.4 is 19.9 Å². The number of nitrogens with zero attached hydrogens (tertiary/aromatic N) is 5. The van der Waals surface area contributed by atoms with Gasteiger partial charge in [0, 0.05) is 30.4 Å². The van der Waals surface area contributed by atoms with E-state index in [0.29, 0.717) is 40.9 Å². The summed E-state index contributed by atoms with van der Waals surface area (Å²) in [4.78, 5) is 40.4. The van der Waals surface area contributed by atoms with Crippen molar-refractivity contribution in [3.8, 4) is 22.9 Å². The van der Waals surface area contributed by atoms with Crippen molar-refractivity contribution >= 4 is 11.7 Å². The van der Waals surface area contributed by atoms with Crippen molar-refractivity contribution in [3.05, 3.63) is 58.8 Å². The summed E-state index contributed by atoms with van der Waals surface area (Å²) in [6, 6.07) is 8.38. The Morgan fingerprint density at radius 1 is 1.17 bits per heavy atom. The van der Waals surface area contributed by atoms with Gasteiger partial charge in [0.25, 0.3) is 5.56 Å². The zero-order valence-corrected chi connectivity index (χ0v) is 16.3. The summed E-state index contributed by atoms with van der Waals surface area (Å²) in [5, 5.41) is 0. The minimum atomic E-state index is -0.166. The fourth-order valence-corrected chi connectivity index (χ4v) is 3.71. The fraction of sp³-hybridized carbons (Fsp3) is 0.286. The molecule has 0 saturated heterocycles. The van der Waals surface area contributed by atoms with E-state index in [1.807, 2.05) is 11.8 Å². The molecule has 0 radical (unpaired) electrons. The molecule has 152 valence electrons. The second-order valence-corrected chi connectivity index (χ2v) is 7.28. The number of aromatic nitrogens is 4. The van der Waals surface area contributed by atoms with Crippen LogP contribution in [0, 0.1) is 0 Å². The molecule has 0 fully saturated rings. The van der Waals surface area contributed by atoms with E-state index < -0.39 is 0 Å². The Balaban J connectivity index is 1.50. The molecule has 1 unspecified atom stereocenters.